The van der Waals surface area contributed by atoms with Crippen molar-refractivity contribution < 1.29 is 4.79 Å². The van der Waals surface area contributed by atoms with Gasteiger partial charge in [0, 0.05) is 12.0 Å². The Balaban J connectivity index is 2.39. The first-order valence-corrected chi connectivity index (χ1v) is 6.45. The molecule has 94 valence electrons. The highest BCUT2D eigenvalue weighted by Gasteiger charge is 2.34. The van der Waals surface area contributed by atoms with Gasteiger partial charge in [0.1, 0.15) is 0 Å². The normalized spacial score (nSPS) is 21.8. The number of carbonyl (C=O) groups excluding carboxylic acids is 1. The predicted octanol–water partition coefficient (Wildman–Crippen LogP) is 1.78. The molecule has 1 rings (SSSR count). The zero-order valence-electron chi connectivity index (χ0n) is 11.1. The summed E-state index contributed by atoms with van der Waals surface area (Å²) in [5.41, 5.74) is -0.151. The molecule has 1 amide bonds. The predicted molar refractivity (Wildman–Crippen MR) is 67.2 cm³/mol. The van der Waals surface area contributed by atoms with Crippen LogP contribution in [-0.4, -0.2) is 25.5 Å². The van der Waals surface area contributed by atoms with E-state index in [4.69, 9.17) is 0 Å². The topological polar surface area (TPSA) is 41.1 Å². The average Bonchev–Trinajstić information content (AvgIpc) is 2.26. The number of hydrogen-bond donors (Lipinski definition) is 2. The quantitative estimate of drug-likeness (QED) is 0.767. The maximum absolute atomic E-state index is 12.1. The molecule has 0 bridgehead atoms. The Morgan fingerprint density at radius 3 is 2.38 bits per heavy atom. The van der Waals surface area contributed by atoms with E-state index in [1.54, 1.807) is 0 Å². The summed E-state index contributed by atoms with van der Waals surface area (Å²) in [4.78, 5) is 12.1. The third kappa shape index (κ3) is 3.48. The van der Waals surface area contributed by atoms with Crippen LogP contribution in [0.2, 0.25) is 0 Å². The van der Waals surface area contributed by atoms with Crippen molar-refractivity contribution >= 4 is 5.91 Å². The van der Waals surface area contributed by atoms with Gasteiger partial charge in [0.25, 0.3) is 0 Å². The lowest BCUT2D eigenvalue weighted by atomic mass is 9.80. The summed E-state index contributed by atoms with van der Waals surface area (Å²) in [5, 5.41) is 6.41. The lowest BCUT2D eigenvalue weighted by molar-refractivity contribution is -0.131. The highest BCUT2D eigenvalue weighted by Crippen LogP contribution is 2.28. The molecule has 1 unspecified atom stereocenters. The third-order valence-electron chi connectivity index (χ3n) is 3.98. The second kappa shape index (κ2) is 5.67. The molecule has 1 atom stereocenters. The third-order valence-corrected chi connectivity index (χ3v) is 3.98. The number of carbonyl (C=O) groups is 1. The number of nitrogens with one attached hydrogen (secondary N) is 2. The van der Waals surface area contributed by atoms with E-state index in [1.165, 1.54) is 0 Å². The van der Waals surface area contributed by atoms with Gasteiger partial charge in [-0.2, -0.15) is 0 Å². The molecule has 0 spiro atoms. The molecule has 0 aliphatic carbocycles. The molecule has 1 aliphatic heterocycles. The van der Waals surface area contributed by atoms with Gasteiger partial charge in [-0.25, -0.2) is 0 Å². The molecule has 0 aromatic rings. The largest absolute Gasteiger partial charge is 0.355 e. The first kappa shape index (κ1) is 13.5. The van der Waals surface area contributed by atoms with Crippen molar-refractivity contribution in [2.75, 3.05) is 19.6 Å². The van der Waals surface area contributed by atoms with Crippen LogP contribution in [0.1, 0.15) is 40.5 Å². The Kier molecular flexibility index (Phi) is 4.78. The maximum Gasteiger partial charge on any atom is 0.226 e. The zero-order chi connectivity index (χ0) is 12.2. The standard InChI is InChI=1S/C13H26N2O/c1-10(2)11(3)9-15-12(16)13(4)5-7-14-8-6-13/h10-11,14H,5-9H2,1-4H3,(H,15,16). The molecule has 0 saturated carbocycles. The molecule has 3 heteroatoms. The van der Waals surface area contributed by atoms with Crippen LogP contribution in [0.4, 0.5) is 0 Å². The molecule has 2 N–H and O–H groups in total. The van der Waals surface area contributed by atoms with E-state index in [9.17, 15) is 4.79 Å². The molecular weight excluding hydrogens is 200 g/mol. The maximum atomic E-state index is 12.1. The molecule has 1 heterocycles. The van der Waals surface area contributed by atoms with Crippen molar-refractivity contribution in [2.45, 2.75) is 40.5 Å². The summed E-state index contributed by atoms with van der Waals surface area (Å²) < 4.78 is 0. The first-order valence-electron chi connectivity index (χ1n) is 6.45. The Bertz CT molecular complexity index is 232. The van der Waals surface area contributed by atoms with Crippen molar-refractivity contribution in [3.05, 3.63) is 0 Å². The van der Waals surface area contributed by atoms with E-state index < -0.39 is 0 Å². The molecular formula is C13H26N2O. The van der Waals surface area contributed by atoms with E-state index in [-0.39, 0.29) is 11.3 Å². The lowest BCUT2D eigenvalue weighted by Gasteiger charge is -2.33. The first-order chi connectivity index (χ1) is 7.46. The summed E-state index contributed by atoms with van der Waals surface area (Å²) in [5.74, 6) is 1.41. The zero-order valence-corrected chi connectivity index (χ0v) is 11.1. The molecule has 0 radical (unpaired) electrons. The Hall–Kier alpha value is -0.570. The van der Waals surface area contributed by atoms with Crippen molar-refractivity contribution in [3.8, 4) is 0 Å². The Morgan fingerprint density at radius 1 is 1.31 bits per heavy atom. The minimum absolute atomic E-state index is 0.151. The van der Waals surface area contributed by atoms with Crippen molar-refractivity contribution in [2.24, 2.45) is 17.3 Å². The minimum atomic E-state index is -0.151. The number of piperidine rings is 1. The van der Waals surface area contributed by atoms with Gasteiger partial charge in [0.05, 0.1) is 0 Å². The van der Waals surface area contributed by atoms with Crippen LogP contribution in [-0.2, 0) is 4.79 Å². The molecule has 1 saturated heterocycles. The van der Waals surface area contributed by atoms with E-state index in [1.807, 2.05) is 0 Å². The van der Waals surface area contributed by atoms with Crippen LogP contribution in [0.25, 0.3) is 0 Å². The number of rotatable bonds is 4. The SMILES string of the molecule is CC(C)C(C)CNC(=O)C1(C)CCNCC1. The van der Waals surface area contributed by atoms with Crippen LogP contribution in [0.3, 0.4) is 0 Å². The second-order valence-corrected chi connectivity index (χ2v) is 5.74. The summed E-state index contributed by atoms with van der Waals surface area (Å²) in [7, 11) is 0. The lowest BCUT2D eigenvalue weighted by Crippen LogP contribution is -2.46. The molecule has 1 aliphatic rings. The molecule has 16 heavy (non-hydrogen) atoms. The number of amides is 1. The molecule has 0 aromatic carbocycles. The van der Waals surface area contributed by atoms with Crippen molar-refractivity contribution in [3.63, 3.8) is 0 Å². The van der Waals surface area contributed by atoms with Crippen LogP contribution in [0.5, 0.6) is 0 Å². The fourth-order valence-electron chi connectivity index (χ4n) is 1.91. The van der Waals surface area contributed by atoms with Gasteiger partial charge in [-0.05, 0) is 37.8 Å². The van der Waals surface area contributed by atoms with Crippen LogP contribution in [0.15, 0.2) is 0 Å². The highest BCUT2D eigenvalue weighted by atomic mass is 16.2. The van der Waals surface area contributed by atoms with Crippen molar-refractivity contribution in [1.82, 2.24) is 10.6 Å². The van der Waals surface area contributed by atoms with Crippen LogP contribution in [0, 0.1) is 17.3 Å². The van der Waals surface area contributed by atoms with E-state index >= 15 is 0 Å². The number of hydrogen-bond acceptors (Lipinski definition) is 2. The molecule has 3 nitrogen and oxygen atoms in total. The van der Waals surface area contributed by atoms with Gasteiger partial charge in [-0.15, -0.1) is 0 Å². The summed E-state index contributed by atoms with van der Waals surface area (Å²) in [6, 6.07) is 0. The fourth-order valence-corrected chi connectivity index (χ4v) is 1.91. The summed E-state index contributed by atoms with van der Waals surface area (Å²) in [6.45, 7) is 11.4. The van der Waals surface area contributed by atoms with Gasteiger partial charge < -0.3 is 10.6 Å². The van der Waals surface area contributed by atoms with Crippen molar-refractivity contribution in [1.29, 1.82) is 0 Å². The van der Waals surface area contributed by atoms with Gasteiger partial charge in [0.15, 0.2) is 0 Å². The van der Waals surface area contributed by atoms with Gasteiger partial charge in [-0.1, -0.05) is 27.7 Å². The summed E-state index contributed by atoms with van der Waals surface area (Å²) in [6.07, 6.45) is 1.91. The van der Waals surface area contributed by atoms with E-state index in [2.05, 4.69) is 38.3 Å². The van der Waals surface area contributed by atoms with E-state index in [0.29, 0.717) is 11.8 Å². The Morgan fingerprint density at radius 2 is 1.88 bits per heavy atom. The monoisotopic (exact) mass is 226 g/mol. The Labute approximate surface area is 99.4 Å². The van der Waals surface area contributed by atoms with Gasteiger partial charge >= 0.3 is 0 Å². The molecule has 1 fully saturated rings. The van der Waals surface area contributed by atoms with Crippen LogP contribution >= 0.6 is 0 Å². The fraction of sp³-hybridized carbons (Fsp3) is 0.923. The summed E-state index contributed by atoms with van der Waals surface area (Å²) >= 11 is 0. The van der Waals surface area contributed by atoms with Crippen LogP contribution < -0.4 is 10.6 Å². The smallest absolute Gasteiger partial charge is 0.226 e. The van der Waals surface area contributed by atoms with Gasteiger partial charge in [-0.3, -0.25) is 4.79 Å². The average molecular weight is 226 g/mol. The van der Waals surface area contributed by atoms with Gasteiger partial charge in [0.2, 0.25) is 5.91 Å². The minimum Gasteiger partial charge on any atom is -0.355 e. The van der Waals surface area contributed by atoms with E-state index in [0.717, 1.165) is 32.5 Å². The highest BCUT2D eigenvalue weighted by molar-refractivity contribution is 5.82. The molecule has 0 aromatic heterocycles. The second-order valence-electron chi connectivity index (χ2n) is 5.74.